The highest BCUT2D eigenvalue weighted by Crippen LogP contribution is 2.20. The van der Waals surface area contributed by atoms with Crippen molar-refractivity contribution in [1.29, 1.82) is 0 Å². The zero-order valence-electron chi connectivity index (χ0n) is 12.6. The summed E-state index contributed by atoms with van der Waals surface area (Å²) in [6, 6.07) is -0.343. The molecule has 1 aliphatic rings. The van der Waals surface area contributed by atoms with Crippen LogP contribution in [-0.2, 0) is 28.6 Å². The Balaban J connectivity index is 2.51. The number of nitrogens with one attached hydrogen (secondary N) is 1. The fourth-order valence-corrected chi connectivity index (χ4v) is 1.98. The van der Waals surface area contributed by atoms with Gasteiger partial charge in [-0.15, -0.1) is 0 Å². The third-order valence-electron chi connectivity index (χ3n) is 2.95. The Morgan fingerprint density at radius 2 is 1.86 bits per heavy atom. The standard InChI is InChI=1S/C14H21NO6/c1-8(2)21-13(17)9-5-6-10(7-9)15-12(16)11(19-3)14(18)20-4/h5-6,8-11H,7H2,1-4H3,(H,15,16)/t9-,10+,11?/m1/s1. The van der Waals surface area contributed by atoms with Crippen LogP contribution in [0.4, 0.5) is 0 Å². The number of carbonyl (C=O) groups excluding carboxylic acids is 3. The molecule has 0 saturated heterocycles. The summed E-state index contributed by atoms with van der Waals surface area (Å²) in [4.78, 5) is 35.0. The summed E-state index contributed by atoms with van der Waals surface area (Å²) < 4.78 is 14.4. The lowest BCUT2D eigenvalue weighted by Crippen LogP contribution is -2.45. The van der Waals surface area contributed by atoms with Crippen molar-refractivity contribution in [3.63, 3.8) is 0 Å². The molecule has 0 aromatic rings. The SMILES string of the molecule is COC(=O)C(OC)C(=O)N[C@H]1C=C[C@@H](C(=O)OC(C)C)C1. The molecule has 0 radical (unpaired) electrons. The van der Waals surface area contributed by atoms with E-state index < -0.39 is 23.9 Å². The predicted octanol–water partition coefficient (Wildman–Crippen LogP) is 0.187. The van der Waals surface area contributed by atoms with Crippen LogP contribution < -0.4 is 5.32 Å². The molecule has 1 aliphatic carbocycles. The molecule has 0 fully saturated rings. The van der Waals surface area contributed by atoms with Gasteiger partial charge in [0, 0.05) is 13.2 Å². The highest BCUT2D eigenvalue weighted by molar-refractivity contribution is 6.01. The van der Waals surface area contributed by atoms with Crippen LogP contribution in [0.5, 0.6) is 0 Å². The smallest absolute Gasteiger partial charge is 0.344 e. The van der Waals surface area contributed by atoms with Gasteiger partial charge in [-0.05, 0) is 20.3 Å². The van der Waals surface area contributed by atoms with Crippen molar-refractivity contribution in [1.82, 2.24) is 5.32 Å². The van der Waals surface area contributed by atoms with Gasteiger partial charge in [0.2, 0.25) is 6.10 Å². The minimum atomic E-state index is -1.31. The minimum Gasteiger partial charge on any atom is -0.467 e. The fourth-order valence-electron chi connectivity index (χ4n) is 1.98. The highest BCUT2D eigenvalue weighted by Gasteiger charge is 2.32. The van der Waals surface area contributed by atoms with E-state index in [-0.39, 0.29) is 18.1 Å². The quantitative estimate of drug-likeness (QED) is 0.427. The van der Waals surface area contributed by atoms with Crippen LogP contribution in [0.3, 0.4) is 0 Å². The van der Waals surface area contributed by atoms with Crippen LogP contribution in [0, 0.1) is 5.92 Å². The molecule has 1 rings (SSSR count). The molecule has 0 aromatic heterocycles. The number of amides is 1. The van der Waals surface area contributed by atoms with E-state index in [9.17, 15) is 14.4 Å². The molecule has 0 bridgehead atoms. The van der Waals surface area contributed by atoms with Crippen molar-refractivity contribution < 1.29 is 28.6 Å². The van der Waals surface area contributed by atoms with E-state index in [0.717, 1.165) is 0 Å². The average Bonchev–Trinajstić information content (AvgIpc) is 2.87. The molecular weight excluding hydrogens is 278 g/mol. The van der Waals surface area contributed by atoms with Crippen LogP contribution in [0.15, 0.2) is 12.2 Å². The Kier molecular flexibility index (Phi) is 6.36. The topological polar surface area (TPSA) is 90.9 Å². The zero-order valence-corrected chi connectivity index (χ0v) is 12.6. The Hall–Kier alpha value is -1.89. The molecule has 3 atom stereocenters. The second-order valence-electron chi connectivity index (χ2n) is 4.97. The van der Waals surface area contributed by atoms with E-state index in [2.05, 4.69) is 10.1 Å². The third-order valence-corrected chi connectivity index (χ3v) is 2.95. The van der Waals surface area contributed by atoms with Crippen molar-refractivity contribution >= 4 is 17.8 Å². The van der Waals surface area contributed by atoms with Crippen LogP contribution in [0.1, 0.15) is 20.3 Å². The van der Waals surface area contributed by atoms with Gasteiger partial charge in [-0.1, -0.05) is 12.2 Å². The van der Waals surface area contributed by atoms with Crippen LogP contribution >= 0.6 is 0 Å². The predicted molar refractivity (Wildman–Crippen MR) is 73.2 cm³/mol. The van der Waals surface area contributed by atoms with E-state index in [4.69, 9.17) is 9.47 Å². The van der Waals surface area contributed by atoms with E-state index in [1.165, 1.54) is 14.2 Å². The molecule has 0 aromatic carbocycles. The summed E-state index contributed by atoms with van der Waals surface area (Å²) in [6.45, 7) is 3.55. The molecule has 0 heterocycles. The van der Waals surface area contributed by atoms with Gasteiger partial charge in [0.25, 0.3) is 5.91 Å². The molecule has 0 saturated carbocycles. The zero-order chi connectivity index (χ0) is 16.0. The number of hydrogen-bond donors (Lipinski definition) is 1. The van der Waals surface area contributed by atoms with E-state index in [1.807, 2.05) is 0 Å². The normalized spacial score (nSPS) is 22.0. The largest absolute Gasteiger partial charge is 0.467 e. The van der Waals surface area contributed by atoms with Crippen molar-refractivity contribution in [3.05, 3.63) is 12.2 Å². The van der Waals surface area contributed by atoms with Gasteiger partial charge in [0.15, 0.2) is 0 Å². The average molecular weight is 299 g/mol. The van der Waals surface area contributed by atoms with Gasteiger partial charge in [0.1, 0.15) is 0 Å². The molecular formula is C14H21NO6. The second kappa shape index (κ2) is 7.78. The lowest BCUT2D eigenvalue weighted by atomic mass is 10.1. The van der Waals surface area contributed by atoms with Crippen LogP contribution in [0.2, 0.25) is 0 Å². The Bertz CT molecular complexity index is 431. The highest BCUT2D eigenvalue weighted by atomic mass is 16.6. The maximum absolute atomic E-state index is 11.9. The van der Waals surface area contributed by atoms with Crippen molar-refractivity contribution in [2.75, 3.05) is 14.2 Å². The van der Waals surface area contributed by atoms with Gasteiger partial charge in [-0.3, -0.25) is 9.59 Å². The van der Waals surface area contributed by atoms with Crippen molar-refractivity contribution in [2.24, 2.45) is 5.92 Å². The Morgan fingerprint density at radius 3 is 2.38 bits per heavy atom. The number of methoxy groups -OCH3 is 2. The molecule has 118 valence electrons. The van der Waals surface area contributed by atoms with Gasteiger partial charge in [-0.25, -0.2) is 4.79 Å². The number of esters is 2. The van der Waals surface area contributed by atoms with Crippen LogP contribution in [-0.4, -0.2) is 50.3 Å². The molecule has 0 spiro atoms. The Morgan fingerprint density at radius 1 is 1.19 bits per heavy atom. The Labute approximate surface area is 123 Å². The first-order valence-corrected chi connectivity index (χ1v) is 6.68. The maximum Gasteiger partial charge on any atom is 0.344 e. The lowest BCUT2D eigenvalue weighted by molar-refractivity contribution is -0.158. The monoisotopic (exact) mass is 299 g/mol. The number of ether oxygens (including phenoxy) is 3. The van der Waals surface area contributed by atoms with Gasteiger partial charge in [-0.2, -0.15) is 0 Å². The fraction of sp³-hybridized carbons (Fsp3) is 0.643. The summed E-state index contributed by atoms with van der Waals surface area (Å²) in [5.41, 5.74) is 0. The summed E-state index contributed by atoms with van der Waals surface area (Å²) in [5.74, 6) is -2.09. The minimum absolute atomic E-state index is 0.184. The molecule has 1 amide bonds. The molecule has 7 heteroatoms. The second-order valence-corrected chi connectivity index (χ2v) is 4.97. The summed E-state index contributed by atoms with van der Waals surface area (Å²) in [6.07, 6.45) is 2.29. The molecule has 1 N–H and O–H groups in total. The lowest BCUT2D eigenvalue weighted by Gasteiger charge is -2.17. The first-order valence-electron chi connectivity index (χ1n) is 6.68. The summed E-state index contributed by atoms with van der Waals surface area (Å²) in [5, 5.41) is 2.62. The van der Waals surface area contributed by atoms with E-state index in [1.54, 1.807) is 26.0 Å². The first-order chi connectivity index (χ1) is 9.88. The molecule has 21 heavy (non-hydrogen) atoms. The third kappa shape index (κ3) is 4.86. The number of rotatable bonds is 6. The molecule has 7 nitrogen and oxygen atoms in total. The van der Waals surface area contributed by atoms with Gasteiger partial charge in [0.05, 0.1) is 19.1 Å². The molecule has 1 unspecified atom stereocenters. The first kappa shape index (κ1) is 17.2. The van der Waals surface area contributed by atoms with E-state index >= 15 is 0 Å². The van der Waals surface area contributed by atoms with Gasteiger partial charge >= 0.3 is 11.9 Å². The summed E-state index contributed by atoms with van der Waals surface area (Å²) >= 11 is 0. The number of hydrogen-bond acceptors (Lipinski definition) is 6. The van der Waals surface area contributed by atoms with Crippen molar-refractivity contribution in [3.8, 4) is 0 Å². The van der Waals surface area contributed by atoms with Crippen LogP contribution in [0.25, 0.3) is 0 Å². The number of carbonyl (C=O) groups is 3. The summed E-state index contributed by atoms with van der Waals surface area (Å²) in [7, 11) is 2.42. The maximum atomic E-state index is 11.9. The van der Waals surface area contributed by atoms with Gasteiger partial charge < -0.3 is 19.5 Å². The molecule has 0 aliphatic heterocycles. The van der Waals surface area contributed by atoms with Crippen molar-refractivity contribution in [2.45, 2.75) is 38.5 Å². The van der Waals surface area contributed by atoms with E-state index in [0.29, 0.717) is 6.42 Å².